The highest BCUT2D eigenvalue weighted by Gasteiger charge is 2.39. The van der Waals surface area contributed by atoms with E-state index in [0.717, 1.165) is 19.4 Å². The second-order valence-corrected chi connectivity index (χ2v) is 6.58. The van der Waals surface area contributed by atoms with E-state index in [2.05, 4.69) is 4.90 Å². The lowest BCUT2D eigenvalue weighted by atomic mass is 9.85. The molecule has 0 aromatic carbocycles. The molecule has 2 unspecified atom stereocenters. The fraction of sp³-hybridized carbons (Fsp3) is 0.800. The minimum Gasteiger partial charge on any atom is -0.459 e. The van der Waals surface area contributed by atoms with E-state index >= 15 is 0 Å². The Labute approximate surface area is 120 Å². The lowest BCUT2D eigenvalue weighted by Gasteiger charge is -2.30. The molecule has 114 valence electrons. The molecule has 20 heavy (non-hydrogen) atoms. The van der Waals surface area contributed by atoms with Gasteiger partial charge in [0.15, 0.2) is 17.5 Å². The summed E-state index contributed by atoms with van der Waals surface area (Å²) in [5.41, 5.74) is -0.700. The van der Waals surface area contributed by atoms with Gasteiger partial charge in [0.1, 0.15) is 5.60 Å². The minimum absolute atomic E-state index is 0.254. The molecule has 5 nitrogen and oxygen atoms in total. The zero-order valence-corrected chi connectivity index (χ0v) is 13.1. The topological polar surface area (TPSA) is 63.7 Å². The fourth-order valence-corrected chi connectivity index (χ4v) is 2.48. The normalized spacial score (nSPS) is 22.1. The first-order valence-corrected chi connectivity index (χ1v) is 7.07. The van der Waals surface area contributed by atoms with E-state index in [1.165, 1.54) is 6.92 Å². The summed E-state index contributed by atoms with van der Waals surface area (Å²) < 4.78 is 5.21. The molecule has 0 N–H and O–H groups in total. The summed E-state index contributed by atoms with van der Waals surface area (Å²) in [6.45, 7) is 7.99. The number of hydrogen-bond donors (Lipinski definition) is 0. The highest BCUT2D eigenvalue weighted by molar-refractivity contribution is 6.17. The van der Waals surface area contributed by atoms with E-state index in [9.17, 15) is 14.4 Å². The predicted molar refractivity (Wildman–Crippen MR) is 75.2 cm³/mol. The molecular weight excluding hydrogens is 258 g/mol. The molecule has 0 saturated carbocycles. The Balaban J connectivity index is 2.82. The molecule has 0 bridgehead atoms. The summed E-state index contributed by atoms with van der Waals surface area (Å²) in [6, 6.07) is 0. The molecule has 0 spiro atoms. The van der Waals surface area contributed by atoms with Crippen LogP contribution in [0.1, 0.15) is 40.5 Å². The summed E-state index contributed by atoms with van der Waals surface area (Å²) >= 11 is 0. The third kappa shape index (κ3) is 4.71. The molecule has 0 aromatic rings. The molecule has 0 radical (unpaired) electrons. The quantitative estimate of drug-likeness (QED) is 0.577. The Bertz CT molecular complexity index is 397. The third-order valence-corrected chi connectivity index (χ3v) is 3.36. The molecule has 0 aliphatic carbocycles. The maximum Gasteiger partial charge on any atom is 0.324 e. The van der Waals surface area contributed by atoms with Crippen molar-refractivity contribution in [3.8, 4) is 0 Å². The molecule has 5 heteroatoms. The van der Waals surface area contributed by atoms with Crippen LogP contribution in [0.15, 0.2) is 0 Å². The molecule has 2 atom stereocenters. The van der Waals surface area contributed by atoms with Gasteiger partial charge in [-0.2, -0.15) is 0 Å². The van der Waals surface area contributed by atoms with E-state index < -0.39 is 23.3 Å². The van der Waals surface area contributed by atoms with Crippen molar-refractivity contribution in [2.24, 2.45) is 11.8 Å². The molecule has 1 heterocycles. The van der Waals surface area contributed by atoms with E-state index in [1.807, 2.05) is 7.05 Å². The van der Waals surface area contributed by atoms with Gasteiger partial charge in [0.05, 0.1) is 0 Å². The third-order valence-electron chi connectivity index (χ3n) is 3.36. The van der Waals surface area contributed by atoms with Gasteiger partial charge in [0, 0.05) is 12.5 Å². The Hall–Kier alpha value is -1.23. The first-order chi connectivity index (χ1) is 9.11. The lowest BCUT2D eigenvalue weighted by Crippen LogP contribution is -2.44. The number of nitrogens with zero attached hydrogens (tertiary/aromatic N) is 1. The average Bonchev–Trinajstić information content (AvgIpc) is 2.25. The number of esters is 1. The van der Waals surface area contributed by atoms with Crippen LogP contribution in [0, 0.1) is 11.8 Å². The standard InChI is InChI=1S/C15H25NO4/c1-10(17)12(14(19)20-15(2,3)4)13(18)11-7-6-8-16(5)9-11/h11-12H,6-9H2,1-5H3. The van der Waals surface area contributed by atoms with Crippen LogP contribution in [-0.2, 0) is 19.1 Å². The van der Waals surface area contributed by atoms with Gasteiger partial charge in [-0.3, -0.25) is 14.4 Å². The predicted octanol–water partition coefficient (Wildman–Crippen LogP) is 1.44. The maximum atomic E-state index is 12.5. The lowest BCUT2D eigenvalue weighted by molar-refractivity contribution is -0.164. The number of carbonyl (C=O) groups is 3. The van der Waals surface area contributed by atoms with Crippen LogP contribution in [0.5, 0.6) is 0 Å². The van der Waals surface area contributed by atoms with Crippen molar-refractivity contribution in [3.63, 3.8) is 0 Å². The Morgan fingerprint density at radius 3 is 2.30 bits per heavy atom. The molecule has 1 aliphatic heterocycles. The van der Waals surface area contributed by atoms with Crippen molar-refractivity contribution in [3.05, 3.63) is 0 Å². The van der Waals surface area contributed by atoms with Crippen LogP contribution in [-0.4, -0.2) is 48.2 Å². The SMILES string of the molecule is CC(=O)C(C(=O)OC(C)(C)C)C(=O)C1CCCN(C)C1. The van der Waals surface area contributed by atoms with Crippen LogP contribution in [0.25, 0.3) is 0 Å². The molecule has 1 fully saturated rings. The Morgan fingerprint density at radius 2 is 1.85 bits per heavy atom. The average molecular weight is 283 g/mol. The van der Waals surface area contributed by atoms with Crippen LogP contribution >= 0.6 is 0 Å². The number of hydrogen-bond acceptors (Lipinski definition) is 5. The highest BCUT2D eigenvalue weighted by Crippen LogP contribution is 2.22. The van der Waals surface area contributed by atoms with E-state index in [-0.39, 0.29) is 11.7 Å². The van der Waals surface area contributed by atoms with Crippen molar-refractivity contribution in [2.75, 3.05) is 20.1 Å². The smallest absolute Gasteiger partial charge is 0.324 e. The number of piperidine rings is 1. The number of likely N-dealkylation sites (tertiary alicyclic amines) is 1. The van der Waals surface area contributed by atoms with Crippen molar-refractivity contribution in [1.29, 1.82) is 0 Å². The molecule has 0 amide bonds. The molecular formula is C15H25NO4. The summed E-state index contributed by atoms with van der Waals surface area (Å²) in [5.74, 6) is -2.97. The molecule has 0 aromatic heterocycles. The zero-order chi connectivity index (χ0) is 15.5. The van der Waals surface area contributed by atoms with Gasteiger partial charge >= 0.3 is 5.97 Å². The van der Waals surface area contributed by atoms with Gasteiger partial charge < -0.3 is 9.64 Å². The van der Waals surface area contributed by atoms with Gasteiger partial charge in [0.25, 0.3) is 0 Å². The fourth-order valence-electron chi connectivity index (χ4n) is 2.48. The van der Waals surface area contributed by atoms with Crippen LogP contribution in [0.4, 0.5) is 0 Å². The summed E-state index contributed by atoms with van der Waals surface area (Å²) in [4.78, 5) is 38.3. The first-order valence-electron chi connectivity index (χ1n) is 7.07. The zero-order valence-electron chi connectivity index (χ0n) is 13.1. The Kier molecular flexibility index (Phi) is 5.45. The number of Topliss-reactive ketones (excluding diaryl/α,β-unsaturated/α-hetero) is 2. The second kappa shape index (κ2) is 6.48. The molecule has 1 saturated heterocycles. The van der Waals surface area contributed by atoms with Crippen molar-refractivity contribution in [1.82, 2.24) is 4.90 Å². The van der Waals surface area contributed by atoms with E-state index in [4.69, 9.17) is 4.74 Å². The Morgan fingerprint density at radius 1 is 1.25 bits per heavy atom. The van der Waals surface area contributed by atoms with Gasteiger partial charge in [-0.1, -0.05) is 0 Å². The molecule has 1 aliphatic rings. The maximum absolute atomic E-state index is 12.5. The minimum atomic E-state index is -1.27. The molecule has 1 rings (SSSR count). The monoisotopic (exact) mass is 283 g/mol. The van der Waals surface area contributed by atoms with Gasteiger partial charge in [0.2, 0.25) is 0 Å². The van der Waals surface area contributed by atoms with Crippen LogP contribution in [0.2, 0.25) is 0 Å². The number of ether oxygens (including phenoxy) is 1. The second-order valence-electron chi connectivity index (χ2n) is 6.58. The number of ketones is 2. The summed E-state index contributed by atoms with van der Waals surface area (Å²) in [7, 11) is 1.94. The van der Waals surface area contributed by atoms with Gasteiger partial charge in [-0.25, -0.2) is 0 Å². The van der Waals surface area contributed by atoms with Crippen molar-refractivity contribution in [2.45, 2.75) is 46.1 Å². The number of rotatable bonds is 4. The highest BCUT2D eigenvalue weighted by atomic mass is 16.6. The number of carbonyl (C=O) groups excluding carboxylic acids is 3. The van der Waals surface area contributed by atoms with Crippen LogP contribution in [0.3, 0.4) is 0 Å². The van der Waals surface area contributed by atoms with Crippen LogP contribution < -0.4 is 0 Å². The van der Waals surface area contributed by atoms with E-state index in [0.29, 0.717) is 6.54 Å². The van der Waals surface area contributed by atoms with E-state index in [1.54, 1.807) is 20.8 Å². The van der Waals surface area contributed by atoms with Crippen molar-refractivity contribution >= 4 is 17.5 Å². The first kappa shape index (κ1) is 16.8. The summed E-state index contributed by atoms with van der Waals surface area (Å²) in [5, 5.41) is 0. The van der Waals surface area contributed by atoms with Gasteiger partial charge in [-0.05, 0) is 54.1 Å². The van der Waals surface area contributed by atoms with Gasteiger partial charge in [-0.15, -0.1) is 0 Å². The van der Waals surface area contributed by atoms with Crippen molar-refractivity contribution < 1.29 is 19.1 Å². The largest absolute Gasteiger partial charge is 0.459 e. The summed E-state index contributed by atoms with van der Waals surface area (Å²) in [6.07, 6.45) is 1.64.